The molecular weight excluding hydrogens is 198 g/mol. The van der Waals surface area contributed by atoms with Gasteiger partial charge in [-0.05, 0) is 20.3 Å². The second kappa shape index (κ2) is 3.22. The topological polar surface area (TPSA) is 62.2 Å². The summed E-state index contributed by atoms with van der Waals surface area (Å²) in [5.74, 6) is 0. The number of carbonyl (C=O) groups is 2. The van der Waals surface area contributed by atoms with Crippen molar-refractivity contribution in [3.05, 3.63) is 0 Å². The lowest BCUT2D eigenvalue weighted by molar-refractivity contribution is 0.106. The van der Waals surface area contributed by atoms with E-state index in [1.807, 2.05) is 13.8 Å². The average molecular weight is 211 g/mol. The van der Waals surface area contributed by atoms with E-state index in [0.717, 1.165) is 11.3 Å². The molecule has 0 N–H and O–H groups in total. The van der Waals surface area contributed by atoms with Gasteiger partial charge in [0.25, 0.3) is 0 Å². The highest BCUT2D eigenvalue weighted by molar-refractivity contribution is 6.08. The van der Waals surface area contributed by atoms with E-state index in [9.17, 15) is 9.59 Å². The van der Waals surface area contributed by atoms with E-state index in [1.54, 1.807) is 0 Å². The van der Waals surface area contributed by atoms with E-state index in [2.05, 4.69) is 4.99 Å². The number of fused-ring (bicyclic) bond motifs is 1. The highest BCUT2D eigenvalue weighted by Gasteiger charge is 2.41. The second-order valence-corrected chi connectivity index (χ2v) is 3.92. The summed E-state index contributed by atoms with van der Waals surface area (Å²) >= 11 is 0. The number of ether oxygens (including phenoxy) is 1. The van der Waals surface area contributed by atoms with E-state index < -0.39 is 6.09 Å². The van der Waals surface area contributed by atoms with Crippen LogP contribution in [0.4, 0.5) is 9.59 Å². The number of amidine groups is 1. The van der Waals surface area contributed by atoms with Crippen molar-refractivity contribution in [3.63, 3.8) is 0 Å². The zero-order valence-corrected chi connectivity index (χ0v) is 8.93. The van der Waals surface area contributed by atoms with Crippen molar-refractivity contribution in [3.8, 4) is 0 Å². The van der Waals surface area contributed by atoms with Crippen LogP contribution < -0.4 is 0 Å². The normalized spacial score (nSPS) is 31.0. The van der Waals surface area contributed by atoms with Crippen molar-refractivity contribution < 1.29 is 14.3 Å². The lowest BCUT2D eigenvalue weighted by atomic mass is 10.1. The van der Waals surface area contributed by atoms with Crippen LogP contribution in [-0.4, -0.2) is 47.1 Å². The van der Waals surface area contributed by atoms with Crippen molar-refractivity contribution in [2.75, 3.05) is 7.05 Å². The molecule has 6 heteroatoms. The molecule has 0 aromatic carbocycles. The van der Waals surface area contributed by atoms with Crippen LogP contribution in [0, 0.1) is 0 Å². The van der Waals surface area contributed by atoms with Gasteiger partial charge in [-0.3, -0.25) is 0 Å². The molecule has 2 rings (SSSR count). The highest BCUT2D eigenvalue weighted by atomic mass is 16.6. The van der Waals surface area contributed by atoms with E-state index in [-0.39, 0.29) is 24.1 Å². The predicted molar refractivity (Wildman–Crippen MR) is 52.5 cm³/mol. The zero-order chi connectivity index (χ0) is 11.2. The smallest absolute Gasteiger partial charge is 0.375 e. The van der Waals surface area contributed by atoms with Gasteiger partial charge in [0.2, 0.25) is 0 Å². The van der Waals surface area contributed by atoms with Crippen LogP contribution in [0.1, 0.15) is 20.3 Å². The third-order valence-corrected chi connectivity index (χ3v) is 2.61. The summed E-state index contributed by atoms with van der Waals surface area (Å²) in [6.45, 7) is 3.84. The summed E-state index contributed by atoms with van der Waals surface area (Å²) in [6.07, 6.45) is 0.108. The Kier molecular flexibility index (Phi) is 2.13. The summed E-state index contributed by atoms with van der Waals surface area (Å²) in [4.78, 5) is 29.5. The van der Waals surface area contributed by atoms with E-state index in [1.165, 1.54) is 11.9 Å². The van der Waals surface area contributed by atoms with Gasteiger partial charge in [-0.15, -0.1) is 0 Å². The molecule has 82 valence electrons. The number of rotatable bonds is 0. The van der Waals surface area contributed by atoms with Gasteiger partial charge in [-0.25, -0.2) is 24.4 Å². The van der Waals surface area contributed by atoms with Crippen molar-refractivity contribution in [1.82, 2.24) is 9.80 Å². The Balaban J connectivity index is 2.36. The molecule has 2 aliphatic heterocycles. The number of aliphatic imine (C=N–C) groups is 1. The van der Waals surface area contributed by atoms with Gasteiger partial charge in [0.15, 0.2) is 0 Å². The van der Waals surface area contributed by atoms with Gasteiger partial charge in [0, 0.05) is 13.1 Å². The molecule has 1 fully saturated rings. The summed E-state index contributed by atoms with van der Waals surface area (Å²) in [5.41, 5.74) is 0. The number of hydrogen-bond acceptors (Lipinski definition) is 4. The Hall–Kier alpha value is -1.59. The largest absolute Gasteiger partial charge is 0.425 e. The van der Waals surface area contributed by atoms with Crippen molar-refractivity contribution in [1.29, 1.82) is 0 Å². The Bertz CT molecular complexity index is 353. The van der Waals surface area contributed by atoms with Gasteiger partial charge in [0.05, 0.1) is 6.04 Å². The monoisotopic (exact) mass is 211 g/mol. The van der Waals surface area contributed by atoms with Crippen LogP contribution in [0.25, 0.3) is 0 Å². The molecule has 0 radical (unpaired) electrons. The fraction of sp³-hybridized carbons (Fsp3) is 0.667. The van der Waals surface area contributed by atoms with Crippen LogP contribution >= 0.6 is 0 Å². The highest BCUT2D eigenvalue weighted by Crippen LogP contribution is 2.22. The first-order valence-corrected chi connectivity index (χ1v) is 4.87. The molecule has 0 spiro atoms. The third kappa shape index (κ3) is 1.45. The number of carbonyl (C=O) groups excluding carboxylic acids is 2. The first kappa shape index (κ1) is 9.95. The Morgan fingerprint density at radius 2 is 2.07 bits per heavy atom. The predicted octanol–water partition coefficient (Wildman–Crippen LogP) is 1.03. The maximum atomic E-state index is 11.8. The molecule has 2 unspecified atom stereocenters. The van der Waals surface area contributed by atoms with E-state index >= 15 is 0 Å². The van der Waals surface area contributed by atoms with Crippen LogP contribution in [0.3, 0.4) is 0 Å². The minimum absolute atomic E-state index is 0.00977. The fourth-order valence-electron chi connectivity index (χ4n) is 1.82. The van der Waals surface area contributed by atoms with Crippen LogP contribution in [0.15, 0.2) is 4.99 Å². The molecule has 6 nitrogen and oxygen atoms in total. The van der Waals surface area contributed by atoms with E-state index in [0.29, 0.717) is 0 Å². The van der Waals surface area contributed by atoms with Gasteiger partial charge in [-0.1, -0.05) is 0 Å². The SMILES string of the molecule is CC1CC(C)N2C(=O)N(C)C(=O)OC2=N1. The van der Waals surface area contributed by atoms with Gasteiger partial charge in [-0.2, -0.15) is 0 Å². The summed E-state index contributed by atoms with van der Waals surface area (Å²) in [6, 6.07) is -0.149. The number of hydrogen-bond donors (Lipinski definition) is 0. The van der Waals surface area contributed by atoms with Crippen LogP contribution in [0.2, 0.25) is 0 Å². The summed E-state index contributed by atoms with van der Waals surface area (Å²) in [5, 5.41) is 0. The maximum absolute atomic E-state index is 11.8. The lowest BCUT2D eigenvalue weighted by Crippen LogP contribution is -2.59. The maximum Gasteiger partial charge on any atom is 0.425 e. The molecule has 0 aromatic rings. The van der Waals surface area contributed by atoms with Crippen LogP contribution in [0.5, 0.6) is 0 Å². The quantitative estimate of drug-likeness (QED) is 0.601. The average Bonchev–Trinajstić information content (AvgIpc) is 2.13. The molecule has 15 heavy (non-hydrogen) atoms. The Morgan fingerprint density at radius 1 is 1.40 bits per heavy atom. The van der Waals surface area contributed by atoms with Crippen molar-refractivity contribution in [2.45, 2.75) is 32.4 Å². The first-order chi connectivity index (χ1) is 7.00. The molecule has 0 saturated carbocycles. The van der Waals surface area contributed by atoms with Crippen LogP contribution in [-0.2, 0) is 4.74 Å². The summed E-state index contributed by atoms with van der Waals surface area (Å²) < 4.78 is 4.96. The van der Waals surface area contributed by atoms with Gasteiger partial charge >= 0.3 is 18.1 Å². The Labute approximate surface area is 87.5 Å². The lowest BCUT2D eigenvalue weighted by Gasteiger charge is -2.39. The van der Waals surface area contributed by atoms with E-state index in [4.69, 9.17) is 4.74 Å². The molecular formula is C9H13N3O3. The molecule has 0 bridgehead atoms. The van der Waals surface area contributed by atoms with Gasteiger partial charge < -0.3 is 4.74 Å². The standard InChI is InChI=1S/C9H13N3O3/c1-5-4-6(2)12-7(10-5)15-9(14)11(3)8(12)13/h5-6H,4H2,1-3H3. The fourth-order valence-corrected chi connectivity index (χ4v) is 1.82. The van der Waals surface area contributed by atoms with Crippen molar-refractivity contribution in [2.24, 2.45) is 4.99 Å². The molecule has 2 aliphatic rings. The molecule has 2 heterocycles. The second-order valence-electron chi connectivity index (χ2n) is 3.92. The molecule has 0 aliphatic carbocycles. The zero-order valence-electron chi connectivity index (χ0n) is 8.93. The molecule has 0 aromatic heterocycles. The molecule has 1 saturated heterocycles. The Morgan fingerprint density at radius 3 is 2.73 bits per heavy atom. The molecule has 2 atom stereocenters. The summed E-state index contributed by atoms with van der Waals surface area (Å²) in [7, 11) is 1.40. The number of amides is 3. The first-order valence-electron chi connectivity index (χ1n) is 4.87. The minimum Gasteiger partial charge on any atom is -0.375 e. The van der Waals surface area contributed by atoms with Gasteiger partial charge in [0.1, 0.15) is 0 Å². The minimum atomic E-state index is -0.670. The third-order valence-electron chi connectivity index (χ3n) is 2.61. The number of nitrogens with zero attached hydrogens (tertiary/aromatic N) is 3. The number of urea groups is 1. The molecule has 3 amide bonds. The van der Waals surface area contributed by atoms with Crippen molar-refractivity contribution >= 4 is 18.1 Å². The number of imide groups is 1.